The second kappa shape index (κ2) is 7.88. The summed E-state index contributed by atoms with van der Waals surface area (Å²) in [7, 11) is 0. The summed E-state index contributed by atoms with van der Waals surface area (Å²) >= 11 is 0. The molecule has 0 saturated heterocycles. The lowest BCUT2D eigenvalue weighted by atomic mass is 9.83. The molecule has 110 valence electrons. The summed E-state index contributed by atoms with van der Waals surface area (Å²) in [6.45, 7) is 2.78. The van der Waals surface area contributed by atoms with E-state index in [2.05, 4.69) is 17.6 Å². The molecule has 0 bridgehead atoms. The fourth-order valence-corrected chi connectivity index (χ4v) is 3.65. The first-order valence-corrected chi connectivity index (χ1v) is 8.30. The lowest BCUT2D eigenvalue weighted by Crippen LogP contribution is -2.43. The van der Waals surface area contributed by atoms with Crippen molar-refractivity contribution in [3.05, 3.63) is 0 Å². The molecule has 2 saturated carbocycles. The first-order chi connectivity index (χ1) is 9.28. The molecule has 0 aromatic heterocycles. The largest absolute Gasteiger partial charge is 0.352 e. The van der Waals surface area contributed by atoms with Crippen molar-refractivity contribution in [1.29, 1.82) is 0 Å². The average Bonchev–Trinajstić information content (AvgIpc) is 2.92. The third-order valence-electron chi connectivity index (χ3n) is 4.82. The molecule has 0 aromatic rings. The molecule has 0 spiro atoms. The van der Waals surface area contributed by atoms with Gasteiger partial charge in [-0.25, -0.2) is 0 Å². The molecule has 0 heterocycles. The Balaban J connectivity index is 1.58. The van der Waals surface area contributed by atoms with Crippen molar-refractivity contribution < 1.29 is 4.79 Å². The summed E-state index contributed by atoms with van der Waals surface area (Å²) < 4.78 is 0. The van der Waals surface area contributed by atoms with Crippen molar-refractivity contribution in [2.75, 3.05) is 6.54 Å². The van der Waals surface area contributed by atoms with E-state index in [0.29, 0.717) is 18.6 Å². The number of rotatable bonds is 6. The minimum Gasteiger partial charge on any atom is -0.352 e. The van der Waals surface area contributed by atoms with Crippen LogP contribution < -0.4 is 10.6 Å². The molecular weight excluding hydrogens is 236 g/mol. The van der Waals surface area contributed by atoms with Crippen molar-refractivity contribution >= 4 is 5.91 Å². The molecule has 0 aliphatic heterocycles. The van der Waals surface area contributed by atoms with Crippen molar-refractivity contribution in [2.45, 2.75) is 83.2 Å². The van der Waals surface area contributed by atoms with Crippen LogP contribution >= 0.6 is 0 Å². The lowest BCUT2D eigenvalue weighted by molar-refractivity contribution is -0.121. The van der Waals surface area contributed by atoms with E-state index in [9.17, 15) is 4.79 Å². The normalized spacial score (nSPS) is 28.5. The summed E-state index contributed by atoms with van der Waals surface area (Å²) in [5, 5.41) is 6.59. The smallest absolute Gasteiger partial charge is 0.234 e. The van der Waals surface area contributed by atoms with Gasteiger partial charge in [0.05, 0.1) is 6.54 Å². The molecule has 2 fully saturated rings. The van der Waals surface area contributed by atoms with Crippen LogP contribution in [0.3, 0.4) is 0 Å². The molecule has 0 aromatic carbocycles. The van der Waals surface area contributed by atoms with Crippen LogP contribution in [0.4, 0.5) is 0 Å². The molecule has 19 heavy (non-hydrogen) atoms. The van der Waals surface area contributed by atoms with Gasteiger partial charge in [-0.3, -0.25) is 4.79 Å². The second-order valence-corrected chi connectivity index (χ2v) is 6.44. The fraction of sp³-hybridized carbons (Fsp3) is 0.938. The Morgan fingerprint density at radius 3 is 2.32 bits per heavy atom. The third-order valence-corrected chi connectivity index (χ3v) is 4.82. The molecule has 0 atom stereocenters. The maximum absolute atomic E-state index is 11.9. The van der Waals surface area contributed by atoms with Crippen molar-refractivity contribution in [1.82, 2.24) is 10.6 Å². The summed E-state index contributed by atoms with van der Waals surface area (Å²) in [5.74, 6) is 1.11. The van der Waals surface area contributed by atoms with E-state index < -0.39 is 0 Å². The molecule has 0 radical (unpaired) electrons. The van der Waals surface area contributed by atoms with Gasteiger partial charge in [-0.15, -0.1) is 0 Å². The predicted octanol–water partition coefficient (Wildman–Crippen LogP) is 2.99. The number of carbonyl (C=O) groups is 1. The van der Waals surface area contributed by atoms with Crippen LogP contribution in [0.2, 0.25) is 0 Å². The fourth-order valence-electron chi connectivity index (χ4n) is 3.65. The highest BCUT2D eigenvalue weighted by molar-refractivity contribution is 5.78. The van der Waals surface area contributed by atoms with E-state index in [1.54, 1.807) is 0 Å². The summed E-state index contributed by atoms with van der Waals surface area (Å²) in [5.41, 5.74) is 0. The van der Waals surface area contributed by atoms with Crippen LogP contribution in [0.15, 0.2) is 0 Å². The van der Waals surface area contributed by atoms with Gasteiger partial charge in [-0.1, -0.05) is 32.6 Å². The van der Waals surface area contributed by atoms with E-state index in [1.807, 2.05) is 0 Å². The molecule has 1 amide bonds. The van der Waals surface area contributed by atoms with E-state index in [4.69, 9.17) is 0 Å². The summed E-state index contributed by atoms with van der Waals surface area (Å²) in [4.78, 5) is 11.9. The van der Waals surface area contributed by atoms with Crippen LogP contribution in [0.5, 0.6) is 0 Å². The predicted molar refractivity (Wildman–Crippen MR) is 79.1 cm³/mol. The van der Waals surface area contributed by atoms with Crippen LogP contribution in [0, 0.1) is 5.92 Å². The zero-order valence-corrected chi connectivity index (χ0v) is 12.4. The Hall–Kier alpha value is -0.570. The molecule has 2 rings (SSSR count). The van der Waals surface area contributed by atoms with Crippen molar-refractivity contribution in [2.24, 2.45) is 5.92 Å². The van der Waals surface area contributed by atoms with Crippen molar-refractivity contribution in [3.63, 3.8) is 0 Å². The topological polar surface area (TPSA) is 41.1 Å². The number of carbonyl (C=O) groups excluding carboxylic acids is 1. The maximum atomic E-state index is 11.9. The van der Waals surface area contributed by atoms with E-state index in [0.717, 1.165) is 5.92 Å². The molecular formula is C16H30N2O. The van der Waals surface area contributed by atoms with Gasteiger partial charge in [0.15, 0.2) is 0 Å². The van der Waals surface area contributed by atoms with Gasteiger partial charge in [0.2, 0.25) is 5.91 Å². The van der Waals surface area contributed by atoms with Crippen LogP contribution in [0.1, 0.15) is 71.1 Å². The third kappa shape index (κ3) is 5.13. The minimum absolute atomic E-state index is 0.200. The van der Waals surface area contributed by atoms with E-state index >= 15 is 0 Å². The zero-order chi connectivity index (χ0) is 13.5. The first-order valence-electron chi connectivity index (χ1n) is 8.30. The van der Waals surface area contributed by atoms with Crippen LogP contribution in [-0.4, -0.2) is 24.5 Å². The maximum Gasteiger partial charge on any atom is 0.234 e. The Kier molecular flexibility index (Phi) is 6.15. The molecule has 2 aliphatic rings. The monoisotopic (exact) mass is 266 g/mol. The summed E-state index contributed by atoms with van der Waals surface area (Å²) in [6.07, 6.45) is 12.8. The van der Waals surface area contributed by atoms with Gasteiger partial charge in [0.25, 0.3) is 0 Å². The Morgan fingerprint density at radius 2 is 1.68 bits per heavy atom. The van der Waals surface area contributed by atoms with Gasteiger partial charge in [-0.2, -0.15) is 0 Å². The quantitative estimate of drug-likeness (QED) is 0.776. The Morgan fingerprint density at radius 1 is 1.00 bits per heavy atom. The SMILES string of the molecule is CCCC1CCC(NC(=O)CNC2CCCC2)CC1. The molecule has 3 nitrogen and oxygen atoms in total. The van der Waals surface area contributed by atoms with Gasteiger partial charge < -0.3 is 10.6 Å². The molecule has 3 heteroatoms. The Bertz CT molecular complexity index is 266. The second-order valence-electron chi connectivity index (χ2n) is 6.44. The minimum atomic E-state index is 0.200. The van der Waals surface area contributed by atoms with E-state index in [-0.39, 0.29) is 5.91 Å². The molecule has 0 unspecified atom stereocenters. The summed E-state index contributed by atoms with van der Waals surface area (Å²) in [6, 6.07) is 1.03. The Labute approximate surface area is 117 Å². The zero-order valence-electron chi connectivity index (χ0n) is 12.4. The average molecular weight is 266 g/mol. The number of hydrogen-bond donors (Lipinski definition) is 2. The van der Waals surface area contributed by atoms with Gasteiger partial charge in [0, 0.05) is 12.1 Å². The first kappa shape index (κ1) is 14.8. The highest BCUT2D eigenvalue weighted by Crippen LogP contribution is 2.27. The number of hydrogen-bond acceptors (Lipinski definition) is 2. The number of nitrogens with one attached hydrogen (secondary N) is 2. The van der Waals surface area contributed by atoms with E-state index in [1.165, 1.54) is 64.2 Å². The van der Waals surface area contributed by atoms with Gasteiger partial charge in [0.1, 0.15) is 0 Å². The van der Waals surface area contributed by atoms with Crippen LogP contribution in [-0.2, 0) is 4.79 Å². The van der Waals surface area contributed by atoms with Gasteiger partial charge in [-0.05, 0) is 44.4 Å². The molecule has 2 aliphatic carbocycles. The van der Waals surface area contributed by atoms with Gasteiger partial charge >= 0.3 is 0 Å². The lowest BCUT2D eigenvalue weighted by Gasteiger charge is -2.29. The highest BCUT2D eigenvalue weighted by atomic mass is 16.1. The number of amides is 1. The standard InChI is InChI=1S/C16H30N2O/c1-2-5-13-8-10-15(11-9-13)18-16(19)12-17-14-6-3-4-7-14/h13-15,17H,2-12H2,1H3,(H,18,19). The van der Waals surface area contributed by atoms with Crippen LogP contribution in [0.25, 0.3) is 0 Å². The molecule has 2 N–H and O–H groups in total. The highest BCUT2D eigenvalue weighted by Gasteiger charge is 2.22. The van der Waals surface area contributed by atoms with Crippen molar-refractivity contribution in [3.8, 4) is 0 Å².